The molecular formula is C15H21N3O3. The minimum Gasteiger partial charge on any atom is -0.387 e. The second kappa shape index (κ2) is 6.11. The predicted molar refractivity (Wildman–Crippen MR) is 81.5 cm³/mol. The number of non-ortho nitro benzene ring substituents is 1. The number of rotatable bonds is 3. The molecule has 0 aromatic heterocycles. The summed E-state index contributed by atoms with van der Waals surface area (Å²) in [6.07, 6.45) is 1.94. The third kappa shape index (κ3) is 3.15. The standard InChI is InChI=1S/C15H21N3O3/c1-10-6-7-17(11(2)8-10)15(19)13-9-12(18(20)21)4-5-14(13)16-3/h4-5,9-11,16H,6-8H2,1-3H3. The summed E-state index contributed by atoms with van der Waals surface area (Å²) in [6, 6.07) is 4.51. The van der Waals surface area contributed by atoms with Gasteiger partial charge in [-0.1, -0.05) is 6.92 Å². The Labute approximate surface area is 124 Å². The van der Waals surface area contributed by atoms with E-state index in [4.69, 9.17) is 0 Å². The topological polar surface area (TPSA) is 75.5 Å². The maximum absolute atomic E-state index is 12.7. The maximum atomic E-state index is 12.7. The van der Waals surface area contributed by atoms with Crippen LogP contribution >= 0.6 is 0 Å². The van der Waals surface area contributed by atoms with Crippen LogP contribution in [0.5, 0.6) is 0 Å². The van der Waals surface area contributed by atoms with Crippen LogP contribution in [-0.2, 0) is 0 Å². The lowest BCUT2D eigenvalue weighted by Crippen LogP contribution is -2.44. The van der Waals surface area contributed by atoms with Crippen molar-refractivity contribution in [1.82, 2.24) is 4.90 Å². The Hall–Kier alpha value is -2.11. The van der Waals surface area contributed by atoms with E-state index in [0.29, 0.717) is 23.7 Å². The molecule has 114 valence electrons. The molecule has 2 rings (SSSR count). The van der Waals surface area contributed by atoms with Gasteiger partial charge in [0.15, 0.2) is 0 Å². The van der Waals surface area contributed by atoms with Gasteiger partial charge >= 0.3 is 0 Å². The molecule has 1 saturated heterocycles. The van der Waals surface area contributed by atoms with Gasteiger partial charge in [0.2, 0.25) is 0 Å². The van der Waals surface area contributed by atoms with Gasteiger partial charge < -0.3 is 10.2 Å². The molecule has 1 heterocycles. The van der Waals surface area contributed by atoms with E-state index < -0.39 is 4.92 Å². The van der Waals surface area contributed by atoms with Crippen molar-refractivity contribution in [3.8, 4) is 0 Å². The van der Waals surface area contributed by atoms with Crippen molar-refractivity contribution in [3.63, 3.8) is 0 Å². The number of nitrogens with one attached hydrogen (secondary N) is 1. The smallest absolute Gasteiger partial charge is 0.270 e. The number of anilines is 1. The fraction of sp³-hybridized carbons (Fsp3) is 0.533. The Morgan fingerprint density at radius 1 is 1.43 bits per heavy atom. The lowest BCUT2D eigenvalue weighted by molar-refractivity contribution is -0.384. The first-order chi connectivity index (χ1) is 9.93. The molecule has 0 aliphatic carbocycles. The number of hydrogen-bond acceptors (Lipinski definition) is 4. The Bertz CT molecular complexity index is 559. The molecule has 1 aromatic rings. The van der Waals surface area contributed by atoms with Crippen LogP contribution in [0.25, 0.3) is 0 Å². The van der Waals surface area contributed by atoms with Gasteiger partial charge in [-0.15, -0.1) is 0 Å². The third-order valence-corrected chi connectivity index (χ3v) is 4.11. The highest BCUT2D eigenvalue weighted by Gasteiger charge is 2.29. The molecule has 0 spiro atoms. The van der Waals surface area contributed by atoms with Crippen LogP contribution < -0.4 is 5.32 Å². The Morgan fingerprint density at radius 2 is 2.14 bits per heavy atom. The molecule has 1 fully saturated rings. The van der Waals surface area contributed by atoms with E-state index in [9.17, 15) is 14.9 Å². The van der Waals surface area contributed by atoms with Crippen LogP contribution in [0.2, 0.25) is 0 Å². The Kier molecular flexibility index (Phi) is 4.45. The van der Waals surface area contributed by atoms with Crippen LogP contribution in [0, 0.1) is 16.0 Å². The SMILES string of the molecule is CNc1ccc([N+](=O)[O-])cc1C(=O)N1CCC(C)CC1C. The van der Waals surface area contributed by atoms with E-state index in [1.807, 2.05) is 11.8 Å². The van der Waals surface area contributed by atoms with Gasteiger partial charge in [-0.05, 0) is 31.7 Å². The number of amides is 1. The number of carbonyl (C=O) groups excluding carboxylic acids is 1. The van der Waals surface area contributed by atoms with Gasteiger partial charge in [0.05, 0.1) is 10.5 Å². The van der Waals surface area contributed by atoms with Gasteiger partial charge in [0.25, 0.3) is 11.6 Å². The quantitative estimate of drug-likeness (QED) is 0.686. The molecule has 1 N–H and O–H groups in total. The van der Waals surface area contributed by atoms with Crippen molar-refractivity contribution in [2.45, 2.75) is 32.7 Å². The third-order valence-electron chi connectivity index (χ3n) is 4.11. The number of nitro benzene ring substituents is 1. The first kappa shape index (κ1) is 15.3. The van der Waals surface area contributed by atoms with Gasteiger partial charge in [0.1, 0.15) is 0 Å². The molecule has 21 heavy (non-hydrogen) atoms. The molecule has 0 bridgehead atoms. The number of nitrogens with zero attached hydrogens (tertiary/aromatic N) is 2. The summed E-state index contributed by atoms with van der Waals surface area (Å²) in [5.74, 6) is 0.473. The van der Waals surface area contributed by atoms with Gasteiger partial charge in [-0.3, -0.25) is 14.9 Å². The molecule has 1 aromatic carbocycles. The fourth-order valence-corrected chi connectivity index (χ4v) is 2.90. The largest absolute Gasteiger partial charge is 0.387 e. The van der Waals surface area contributed by atoms with E-state index >= 15 is 0 Å². The summed E-state index contributed by atoms with van der Waals surface area (Å²) in [7, 11) is 1.71. The van der Waals surface area contributed by atoms with E-state index in [2.05, 4.69) is 12.2 Å². The normalized spacial score (nSPS) is 22.0. The second-order valence-electron chi connectivity index (χ2n) is 5.71. The summed E-state index contributed by atoms with van der Waals surface area (Å²) in [5.41, 5.74) is 0.930. The Balaban J connectivity index is 2.33. The van der Waals surface area contributed by atoms with Crippen LogP contribution in [0.4, 0.5) is 11.4 Å². The molecule has 0 saturated carbocycles. The van der Waals surface area contributed by atoms with Crippen LogP contribution in [0.15, 0.2) is 18.2 Å². The van der Waals surface area contributed by atoms with Crippen molar-refractivity contribution in [3.05, 3.63) is 33.9 Å². The Morgan fingerprint density at radius 3 is 2.71 bits per heavy atom. The number of hydrogen-bond donors (Lipinski definition) is 1. The summed E-state index contributed by atoms with van der Waals surface area (Å²) in [6.45, 7) is 4.92. The lowest BCUT2D eigenvalue weighted by Gasteiger charge is -2.36. The highest BCUT2D eigenvalue weighted by atomic mass is 16.6. The van der Waals surface area contributed by atoms with Gasteiger partial charge in [-0.25, -0.2) is 0 Å². The first-order valence-electron chi connectivity index (χ1n) is 7.21. The van der Waals surface area contributed by atoms with E-state index in [1.165, 1.54) is 12.1 Å². The zero-order valence-electron chi connectivity index (χ0n) is 12.6. The molecule has 2 atom stereocenters. The number of piperidine rings is 1. The molecule has 1 aliphatic heterocycles. The molecule has 1 aliphatic rings. The van der Waals surface area contributed by atoms with Crippen molar-refractivity contribution < 1.29 is 9.72 Å². The minimum absolute atomic E-state index is 0.0598. The van der Waals surface area contributed by atoms with Crippen LogP contribution in [0.3, 0.4) is 0 Å². The zero-order chi connectivity index (χ0) is 15.6. The lowest BCUT2D eigenvalue weighted by atomic mass is 9.92. The second-order valence-corrected chi connectivity index (χ2v) is 5.71. The summed E-state index contributed by atoms with van der Waals surface area (Å²) in [5, 5.41) is 13.9. The average molecular weight is 291 g/mol. The number of benzene rings is 1. The highest BCUT2D eigenvalue weighted by molar-refractivity contribution is 6.00. The molecular weight excluding hydrogens is 270 g/mol. The molecule has 6 heteroatoms. The van der Waals surface area contributed by atoms with Crippen LogP contribution in [-0.4, -0.2) is 35.4 Å². The number of carbonyl (C=O) groups is 1. The predicted octanol–water partition coefficient (Wildman–Crippen LogP) is 2.90. The van der Waals surface area contributed by atoms with E-state index in [0.717, 1.165) is 12.8 Å². The van der Waals surface area contributed by atoms with Crippen molar-refractivity contribution in [1.29, 1.82) is 0 Å². The summed E-state index contributed by atoms with van der Waals surface area (Å²) < 4.78 is 0. The van der Waals surface area contributed by atoms with E-state index in [1.54, 1.807) is 13.1 Å². The van der Waals surface area contributed by atoms with Gasteiger partial charge in [0, 0.05) is 37.5 Å². The van der Waals surface area contributed by atoms with E-state index in [-0.39, 0.29) is 17.6 Å². The van der Waals surface area contributed by atoms with Crippen LogP contribution in [0.1, 0.15) is 37.0 Å². The number of likely N-dealkylation sites (tertiary alicyclic amines) is 1. The van der Waals surface area contributed by atoms with Crippen molar-refractivity contribution in [2.24, 2.45) is 5.92 Å². The summed E-state index contributed by atoms with van der Waals surface area (Å²) in [4.78, 5) is 25.0. The summed E-state index contributed by atoms with van der Waals surface area (Å²) >= 11 is 0. The fourth-order valence-electron chi connectivity index (χ4n) is 2.90. The zero-order valence-corrected chi connectivity index (χ0v) is 12.6. The monoisotopic (exact) mass is 291 g/mol. The highest BCUT2D eigenvalue weighted by Crippen LogP contribution is 2.28. The average Bonchev–Trinajstić information content (AvgIpc) is 2.45. The minimum atomic E-state index is -0.474. The van der Waals surface area contributed by atoms with Crippen molar-refractivity contribution >= 4 is 17.3 Å². The molecule has 1 amide bonds. The molecule has 0 radical (unpaired) electrons. The molecule has 2 unspecified atom stereocenters. The molecule has 6 nitrogen and oxygen atoms in total. The maximum Gasteiger partial charge on any atom is 0.270 e. The van der Waals surface area contributed by atoms with Crippen molar-refractivity contribution in [2.75, 3.05) is 18.9 Å². The number of nitro groups is 1. The first-order valence-corrected chi connectivity index (χ1v) is 7.21. The van der Waals surface area contributed by atoms with Gasteiger partial charge in [-0.2, -0.15) is 0 Å².